The summed E-state index contributed by atoms with van der Waals surface area (Å²) in [5, 5.41) is 22.2. The summed E-state index contributed by atoms with van der Waals surface area (Å²) < 4.78 is 12.6. The van der Waals surface area contributed by atoms with Crippen LogP contribution in [-0.4, -0.2) is 44.8 Å². The van der Waals surface area contributed by atoms with Crippen molar-refractivity contribution in [3.63, 3.8) is 0 Å². The fourth-order valence-corrected chi connectivity index (χ4v) is 8.23. The summed E-state index contributed by atoms with van der Waals surface area (Å²) in [4.78, 5) is 0. The smallest absolute Gasteiger partial charge is 0.120 e. The summed E-state index contributed by atoms with van der Waals surface area (Å²) >= 11 is 0. The lowest BCUT2D eigenvalue weighted by Crippen LogP contribution is -2.56. The zero-order valence-electron chi connectivity index (χ0n) is 28.8. The van der Waals surface area contributed by atoms with Gasteiger partial charge in [-0.25, -0.2) is 0 Å². The second kappa shape index (κ2) is 12.4. The van der Waals surface area contributed by atoms with Crippen LogP contribution in [0.1, 0.15) is 94.9 Å². The van der Waals surface area contributed by atoms with Gasteiger partial charge in [-0.15, -0.1) is 0 Å². The molecule has 0 aromatic heterocycles. The van der Waals surface area contributed by atoms with Gasteiger partial charge in [-0.1, -0.05) is 123 Å². The molecule has 4 heterocycles. The highest BCUT2D eigenvalue weighted by atomic mass is 16.6. The lowest BCUT2D eigenvalue weighted by molar-refractivity contribution is -0.115. The van der Waals surface area contributed by atoms with Crippen LogP contribution in [0.2, 0.25) is 0 Å². The highest BCUT2D eigenvalue weighted by Gasteiger charge is 2.68. The van der Waals surface area contributed by atoms with Crippen LogP contribution in [0.5, 0.6) is 0 Å². The van der Waals surface area contributed by atoms with Crippen LogP contribution in [0.3, 0.4) is 0 Å². The van der Waals surface area contributed by atoms with Crippen molar-refractivity contribution in [3.05, 3.63) is 107 Å². The van der Waals surface area contributed by atoms with E-state index in [0.29, 0.717) is 12.8 Å². The third-order valence-electron chi connectivity index (χ3n) is 10.5. The van der Waals surface area contributed by atoms with Gasteiger partial charge >= 0.3 is 0 Å². The maximum atomic E-state index is 11.1. The van der Waals surface area contributed by atoms with Crippen molar-refractivity contribution in [2.45, 2.75) is 130 Å². The van der Waals surface area contributed by atoms with Gasteiger partial charge in [0.05, 0.1) is 23.4 Å². The van der Waals surface area contributed by atoms with E-state index < -0.39 is 22.4 Å². The number of allylic oxidation sites excluding steroid dienone is 16. The SMILES string of the molecule is CC(/C=C/C=C(C)/C=C/[C@@]12O[C@@H](CC1(C)C)C[C@@]2(C)O)=C\C=C\C=C(C)\C=C\C=C(C)\C=C\[C@@]12O[C@@H](CC1(C)C)C[C@@]2(C)O. The molecular weight excluding hydrogens is 544 g/mol. The molecule has 6 atom stereocenters. The molecular formula is C40H56O4. The molecule has 4 heteroatoms. The second-order valence-corrected chi connectivity index (χ2v) is 15.5. The van der Waals surface area contributed by atoms with E-state index in [1.54, 1.807) is 0 Å². The fraction of sp³-hybridized carbons (Fsp3) is 0.550. The van der Waals surface area contributed by atoms with Gasteiger partial charge in [0.1, 0.15) is 11.2 Å². The normalized spacial score (nSPS) is 39.2. The first-order valence-corrected chi connectivity index (χ1v) is 16.3. The molecule has 0 aromatic carbocycles. The Balaban J connectivity index is 1.28. The Bertz CT molecular complexity index is 1230. The monoisotopic (exact) mass is 600 g/mol. The van der Waals surface area contributed by atoms with E-state index in [2.05, 4.69) is 140 Å². The van der Waals surface area contributed by atoms with E-state index >= 15 is 0 Å². The molecule has 4 bridgehead atoms. The van der Waals surface area contributed by atoms with E-state index in [0.717, 1.165) is 35.1 Å². The molecule has 4 rings (SSSR count). The van der Waals surface area contributed by atoms with Gasteiger partial charge in [-0.3, -0.25) is 0 Å². The van der Waals surface area contributed by atoms with Crippen molar-refractivity contribution < 1.29 is 19.7 Å². The van der Waals surface area contributed by atoms with Crippen LogP contribution in [0, 0.1) is 10.8 Å². The molecule has 4 nitrogen and oxygen atoms in total. The lowest BCUT2D eigenvalue weighted by atomic mass is 9.61. The summed E-state index contributed by atoms with van der Waals surface area (Å²) in [6.45, 7) is 20.9. The molecule has 240 valence electrons. The zero-order valence-corrected chi connectivity index (χ0v) is 28.8. The molecule has 0 spiro atoms. The van der Waals surface area contributed by atoms with Gasteiger partial charge in [0.15, 0.2) is 0 Å². The van der Waals surface area contributed by atoms with Crippen molar-refractivity contribution in [2.24, 2.45) is 10.8 Å². The Morgan fingerprint density at radius 3 is 1.14 bits per heavy atom. The average molecular weight is 601 g/mol. The summed E-state index contributed by atoms with van der Waals surface area (Å²) in [5.41, 5.74) is 1.37. The third kappa shape index (κ3) is 6.56. The standard InChI is InChI=1S/C40H56O4/c1-29(17-13-19-31(3)21-23-39-35(5,6)25-33(43-39)27-37(39,9)41)15-11-12-16-30(2)18-14-20-32(4)22-24-40-36(7,8)26-34(44-40)28-38(40,10)42/h11-24,33-34,41-42H,25-28H2,1-10H3/b12-11+,17-13+,18-14+,23-21+,24-22+,29-15+,30-16+,31-19+,32-20+/t33-,34-,37+,38+,39+,40+/m0/s1. The topological polar surface area (TPSA) is 58.9 Å². The van der Waals surface area contributed by atoms with Crippen molar-refractivity contribution in [3.8, 4) is 0 Å². The van der Waals surface area contributed by atoms with E-state index in [9.17, 15) is 10.2 Å². The van der Waals surface area contributed by atoms with Crippen LogP contribution in [0.15, 0.2) is 107 Å². The molecule has 0 radical (unpaired) electrons. The number of ether oxygens (including phenoxy) is 2. The summed E-state index contributed by atoms with van der Waals surface area (Å²) in [6.07, 6.45) is 32.7. The molecule has 0 amide bonds. The van der Waals surface area contributed by atoms with Crippen LogP contribution >= 0.6 is 0 Å². The highest BCUT2D eigenvalue weighted by Crippen LogP contribution is 2.61. The Hall–Kier alpha value is -2.50. The van der Waals surface area contributed by atoms with Gasteiger partial charge < -0.3 is 19.7 Å². The maximum absolute atomic E-state index is 11.1. The van der Waals surface area contributed by atoms with Gasteiger partial charge in [-0.2, -0.15) is 0 Å². The molecule has 4 aliphatic heterocycles. The van der Waals surface area contributed by atoms with Gasteiger partial charge in [0.25, 0.3) is 0 Å². The molecule has 0 aromatic rings. The predicted octanol–water partition coefficient (Wildman–Crippen LogP) is 8.97. The Morgan fingerprint density at radius 2 is 0.818 bits per heavy atom. The van der Waals surface area contributed by atoms with Gasteiger partial charge in [0, 0.05) is 23.7 Å². The quantitative estimate of drug-likeness (QED) is 0.246. The predicted molar refractivity (Wildman–Crippen MR) is 183 cm³/mol. The van der Waals surface area contributed by atoms with E-state index in [1.807, 2.05) is 13.8 Å². The molecule has 4 fully saturated rings. The number of aliphatic hydroxyl groups is 2. The molecule has 44 heavy (non-hydrogen) atoms. The van der Waals surface area contributed by atoms with Crippen molar-refractivity contribution in [1.29, 1.82) is 0 Å². The zero-order chi connectivity index (χ0) is 32.6. The molecule has 0 aliphatic carbocycles. The largest absolute Gasteiger partial charge is 0.387 e. The van der Waals surface area contributed by atoms with Crippen molar-refractivity contribution >= 4 is 0 Å². The molecule has 4 saturated heterocycles. The molecule has 0 unspecified atom stereocenters. The van der Waals surface area contributed by atoms with Gasteiger partial charge in [0.2, 0.25) is 0 Å². The number of hydrogen-bond acceptors (Lipinski definition) is 4. The van der Waals surface area contributed by atoms with Crippen LogP contribution in [-0.2, 0) is 9.47 Å². The third-order valence-corrected chi connectivity index (χ3v) is 10.5. The highest BCUT2D eigenvalue weighted by molar-refractivity contribution is 5.35. The first kappa shape index (κ1) is 34.4. The van der Waals surface area contributed by atoms with Gasteiger partial charge in [-0.05, 0) is 66.5 Å². The molecule has 0 saturated carbocycles. The molecule has 4 aliphatic rings. The van der Waals surface area contributed by atoms with Crippen molar-refractivity contribution in [1.82, 2.24) is 0 Å². The number of fused-ring (bicyclic) bond motifs is 4. The number of rotatable bonds is 10. The number of hydrogen-bond donors (Lipinski definition) is 2. The fourth-order valence-electron chi connectivity index (χ4n) is 8.23. The average Bonchev–Trinajstić information content (AvgIpc) is 3.50. The Labute approximate surface area is 267 Å². The second-order valence-electron chi connectivity index (χ2n) is 15.5. The minimum absolute atomic E-state index is 0.0983. The minimum Gasteiger partial charge on any atom is -0.387 e. The summed E-state index contributed by atoms with van der Waals surface area (Å²) in [6, 6.07) is 0. The summed E-state index contributed by atoms with van der Waals surface area (Å²) in [5.74, 6) is 0. The maximum Gasteiger partial charge on any atom is 0.120 e. The Morgan fingerprint density at radius 1 is 0.500 bits per heavy atom. The first-order valence-electron chi connectivity index (χ1n) is 16.3. The van der Waals surface area contributed by atoms with E-state index in [-0.39, 0.29) is 23.0 Å². The van der Waals surface area contributed by atoms with E-state index in [1.165, 1.54) is 0 Å². The summed E-state index contributed by atoms with van der Waals surface area (Å²) in [7, 11) is 0. The first-order chi connectivity index (χ1) is 20.4. The van der Waals surface area contributed by atoms with Crippen molar-refractivity contribution in [2.75, 3.05) is 0 Å². The van der Waals surface area contributed by atoms with E-state index in [4.69, 9.17) is 9.47 Å². The lowest BCUT2D eigenvalue weighted by Gasteiger charge is -2.46. The molecule has 2 N–H and O–H groups in total. The van der Waals surface area contributed by atoms with Crippen LogP contribution < -0.4 is 0 Å². The van der Waals surface area contributed by atoms with Crippen LogP contribution in [0.4, 0.5) is 0 Å². The minimum atomic E-state index is -0.848. The van der Waals surface area contributed by atoms with Crippen LogP contribution in [0.25, 0.3) is 0 Å². The Kier molecular flexibility index (Phi) is 9.66.